The van der Waals surface area contributed by atoms with Crippen LogP contribution < -0.4 is 10.9 Å². The summed E-state index contributed by atoms with van der Waals surface area (Å²) in [5.74, 6) is -0.354. The molecule has 0 spiro atoms. The molecule has 0 aliphatic carbocycles. The van der Waals surface area contributed by atoms with Crippen LogP contribution in [0.25, 0.3) is 16.5 Å². The lowest BCUT2D eigenvalue weighted by atomic mass is 10.1. The second-order valence-corrected chi connectivity index (χ2v) is 6.78. The molecule has 0 aliphatic heterocycles. The highest BCUT2D eigenvalue weighted by Gasteiger charge is 2.16. The molecule has 0 saturated heterocycles. The fourth-order valence-corrected chi connectivity index (χ4v) is 3.43. The van der Waals surface area contributed by atoms with Crippen molar-refractivity contribution < 1.29 is 4.79 Å². The number of benzene rings is 2. The molecule has 0 aliphatic rings. The Morgan fingerprint density at radius 2 is 1.50 bits per heavy atom. The number of carbonyl (C=O) groups excluding carboxylic acids is 1. The number of aryl methyl sites for hydroxylation is 3. The van der Waals surface area contributed by atoms with Gasteiger partial charge in [-0.05, 0) is 56.3 Å². The van der Waals surface area contributed by atoms with Crippen molar-refractivity contribution in [2.24, 2.45) is 7.05 Å². The molecule has 1 amide bonds. The summed E-state index contributed by atoms with van der Waals surface area (Å²) >= 11 is 0. The standard InChI is InChI=1S/C22H20N4O2/c1-14-8-9-15(2)26(14)17-12-10-16(11-13-17)23-21(27)20-18-6-4-5-7-19(18)22(28)25(3)24-20/h4-13H,1-3H3,(H,23,27). The van der Waals surface area contributed by atoms with E-state index in [2.05, 4.69) is 41.0 Å². The third-order valence-corrected chi connectivity index (χ3v) is 4.83. The van der Waals surface area contributed by atoms with Gasteiger partial charge in [0.15, 0.2) is 5.69 Å². The van der Waals surface area contributed by atoms with Crippen LogP contribution in [0.5, 0.6) is 0 Å². The largest absolute Gasteiger partial charge is 0.321 e. The molecule has 1 N–H and O–H groups in total. The van der Waals surface area contributed by atoms with Gasteiger partial charge in [0.2, 0.25) is 0 Å². The van der Waals surface area contributed by atoms with E-state index in [0.29, 0.717) is 16.5 Å². The van der Waals surface area contributed by atoms with Gasteiger partial charge in [-0.1, -0.05) is 18.2 Å². The van der Waals surface area contributed by atoms with Crippen molar-refractivity contribution in [1.82, 2.24) is 14.3 Å². The van der Waals surface area contributed by atoms with Gasteiger partial charge in [0.05, 0.1) is 5.39 Å². The van der Waals surface area contributed by atoms with Crippen molar-refractivity contribution in [1.29, 1.82) is 0 Å². The molecule has 6 heteroatoms. The lowest BCUT2D eigenvalue weighted by Crippen LogP contribution is -2.25. The zero-order valence-corrected chi connectivity index (χ0v) is 15.9. The van der Waals surface area contributed by atoms with Crippen molar-refractivity contribution in [2.45, 2.75) is 13.8 Å². The molecule has 6 nitrogen and oxygen atoms in total. The first kappa shape index (κ1) is 17.7. The SMILES string of the molecule is Cc1ccc(C)n1-c1ccc(NC(=O)c2nn(C)c(=O)c3ccccc23)cc1. The molecular formula is C22H20N4O2. The van der Waals surface area contributed by atoms with Crippen molar-refractivity contribution >= 4 is 22.4 Å². The quantitative estimate of drug-likeness (QED) is 0.597. The summed E-state index contributed by atoms with van der Waals surface area (Å²) in [6, 6.07) is 18.8. The Morgan fingerprint density at radius 3 is 2.14 bits per heavy atom. The number of nitrogens with one attached hydrogen (secondary N) is 1. The summed E-state index contributed by atoms with van der Waals surface area (Å²) in [5, 5.41) is 8.05. The van der Waals surface area contributed by atoms with Crippen LogP contribution in [0.4, 0.5) is 5.69 Å². The van der Waals surface area contributed by atoms with E-state index in [-0.39, 0.29) is 17.2 Å². The molecule has 0 radical (unpaired) electrons. The summed E-state index contributed by atoms with van der Waals surface area (Å²) in [5.41, 5.74) is 3.98. The summed E-state index contributed by atoms with van der Waals surface area (Å²) < 4.78 is 3.34. The third-order valence-electron chi connectivity index (χ3n) is 4.83. The van der Waals surface area contributed by atoms with E-state index in [9.17, 15) is 9.59 Å². The molecule has 2 aromatic carbocycles. The number of fused-ring (bicyclic) bond motifs is 1. The second kappa shape index (κ2) is 6.81. The maximum absolute atomic E-state index is 12.8. The van der Waals surface area contributed by atoms with Crippen LogP contribution >= 0.6 is 0 Å². The van der Waals surface area contributed by atoms with Gasteiger partial charge in [-0.15, -0.1) is 0 Å². The van der Waals surface area contributed by atoms with Crippen molar-refractivity contribution in [2.75, 3.05) is 5.32 Å². The Bertz CT molecular complexity index is 1230. The first-order chi connectivity index (χ1) is 13.5. The molecule has 0 saturated carbocycles. The van der Waals surface area contributed by atoms with E-state index in [4.69, 9.17) is 0 Å². The summed E-state index contributed by atoms with van der Waals surface area (Å²) in [4.78, 5) is 25.1. The maximum atomic E-state index is 12.8. The molecule has 0 unspecified atom stereocenters. The molecule has 28 heavy (non-hydrogen) atoms. The fourth-order valence-electron chi connectivity index (χ4n) is 3.43. The van der Waals surface area contributed by atoms with Crippen molar-refractivity contribution in [3.63, 3.8) is 0 Å². The normalized spacial score (nSPS) is 11.0. The highest BCUT2D eigenvalue weighted by molar-refractivity contribution is 6.11. The van der Waals surface area contributed by atoms with Crippen molar-refractivity contribution in [3.8, 4) is 5.69 Å². The van der Waals surface area contributed by atoms with Gasteiger partial charge >= 0.3 is 0 Å². The number of amides is 1. The molecule has 140 valence electrons. The minimum absolute atomic E-state index is 0.221. The van der Waals surface area contributed by atoms with Crippen LogP contribution in [0.3, 0.4) is 0 Å². The molecule has 2 aromatic heterocycles. The van der Waals surface area contributed by atoms with Crippen LogP contribution in [0.15, 0.2) is 65.5 Å². The Balaban J connectivity index is 1.66. The van der Waals surface area contributed by atoms with E-state index in [1.54, 1.807) is 31.3 Å². The van der Waals surface area contributed by atoms with Gasteiger partial charge < -0.3 is 9.88 Å². The van der Waals surface area contributed by atoms with Gasteiger partial charge in [0.25, 0.3) is 11.5 Å². The van der Waals surface area contributed by atoms with Crippen LogP contribution in [0.1, 0.15) is 21.9 Å². The van der Waals surface area contributed by atoms with Crippen LogP contribution in [-0.4, -0.2) is 20.3 Å². The average molecular weight is 372 g/mol. The number of nitrogens with zero attached hydrogens (tertiary/aromatic N) is 3. The fraction of sp³-hybridized carbons (Fsp3) is 0.136. The first-order valence-corrected chi connectivity index (χ1v) is 8.98. The van der Waals surface area contributed by atoms with E-state index in [1.165, 1.54) is 4.68 Å². The highest BCUT2D eigenvalue weighted by atomic mass is 16.2. The summed E-state index contributed by atoms with van der Waals surface area (Å²) in [6.45, 7) is 4.11. The molecule has 0 fully saturated rings. The van der Waals surface area contributed by atoms with Crippen molar-refractivity contribution in [3.05, 3.63) is 88.1 Å². The number of aromatic nitrogens is 3. The second-order valence-electron chi connectivity index (χ2n) is 6.78. The number of hydrogen-bond acceptors (Lipinski definition) is 3. The topological polar surface area (TPSA) is 68.9 Å². The molecule has 0 atom stereocenters. The smallest absolute Gasteiger partial charge is 0.276 e. The third kappa shape index (κ3) is 2.99. The lowest BCUT2D eigenvalue weighted by Gasteiger charge is -2.12. The zero-order chi connectivity index (χ0) is 19.8. The van der Waals surface area contributed by atoms with Gasteiger partial charge in [-0.25, -0.2) is 4.68 Å². The highest BCUT2D eigenvalue weighted by Crippen LogP contribution is 2.20. The number of carbonyl (C=O) groups is 1. The predicted molar refractivity (Wildman–Crippen MR) is 110 cm³/mol. The monoisotopic (exact) mass is 372 g/mol. The molecule has 4 rings (SSSR count). The molecular weight excluding hydrogens is 352 g/mol. The van der Waals surface area contributed by atoms with E-state index >= 15 is 0 Å². The van der Waals surface area contributed by atoms with Gasteiger partial charge in [0.1, 0.15) is 0 Å². The zero-order valence-electron chi connectivity index (χ0n) is 15.9. The average Bonchev–Trinajstić information content (AvgIpc) is 3.03. The first-order valence-electron chi connectivity index (χ1n) is 8.98. The summed E-state index contributed by atoms with van der Waals surface area (Å²) in [7, 11) is 1.54. The predicted octanol–water partition coefficient (Wildman–Crippen LogP) is 3.59. The Morgan fingerprint density at radius 1 is 0.893 bits per heavy atom. The van der Waals surface area contributed by atoms with Gasteiger partial charge in [0, 0.05) is 35.2 Å². The Kier molecular flexibility index (Phi) is 4.31. The number of rotatable bonds is 3. The van der Waals surface area contributed by atoms with Gasteiger partial charge in [-0.3, -0.25) is 9.59 Å². The summed E-state index contributed by atoms with van der Waals surface area (Å²) in [6.07, 6.45) is 0. The maximum Gasteiger partial charge on any atom is 0.276 e. The van der Waals surface area contributed by atoms with E-state index in [0.717, 1.165) is 17.1 Å². The van der Waals surface area contributed by atoms with E-state index < -0.39 is 0 Å². The minimum atomic E-state index is -0.354. The number of anilines is 1. The van der Waals surface area contributed by atoms with Crippen LogP contribution in [0, 0.1) is 13.8 Å². The lowest BCUT2D eigenvalue weighted by molar-refractivity contribution is 0.102. The molecule has 4 aromatic rings. The van der Waals surface area contributed by atoms with Crippen LogP contribution in [-0.2, 0) is 7.05 Å². The molecule has 2 heterocycles. The Labute approximate surface area is 162 Å². The van der Waals surface area contributed by atoms with Crippen LogP contribution in [0.2, 0.25) is 0 Å². The minimum Gasteiger partial charge on any atom is -0.321 e. The Hall–Kier alpha value is -3.67. The van der Waals surface area contributed by atoms with E-state index in [1.807, 2.05) is 24.3 Å². The number of hydrogen-bond donors (Lipinski definition) is 1. The molecule has 0 bridgehead atoms. The van der Waals surface area contributed by atoms with Gasteiger partial charge in [-0.2, -0.15) is 5.10 Å².